The molecule has 3 rings (SSSR count). The van der Waals surface area contributed by atoms with Crippen LogP contribution in [0.1, 0.15) is 67.8 Å². The van der Waals surface area contributed by atoms with Crippen LogP contribution < -0.4 is 4.74 Å². The lowest BCUT2D eigenvalue weighted by Crippen LogP contribution is -2.45. The Bertz CT molecular complexity index is 635. The van der Waals surface area contributed by atoms with E-state index in [1.807, 2.05) is 0 Å². The van der Waals surface area contributed by atoms with Gasteiger partial charge in [0.15, 0.2) is 0 Å². The van der Waals surface area contributed by atoms with Crippen LogP contribution >= 0.6 is 22.6 Å². The summed E-state index contributed by atoms with van der Waals surface area (Å²) in [6.07, 6.45) is 7.08. The Balaban J connectivity index is 2.19. The number of hydrogen-bond acceptors (Lipinski definition) is 2. The van der Waals surface area contributed by atoms with E-state index in [2.05, 4.69) is 68.5 Å². The van der Waals surface area contributed by atoms with Gasteiger partial charge in [-0.1, -0.05) is 31.9 Å². The van der Waals surface area contributed by atoms with Gasteiger partial charge in [0.25, 0.3) is 0 Å². The lowest BCUT2D eigenvalue weighted by atomic mass is 9.62. The molecule has 2 aliphatic rings. The summed E-state index contributed by atoms with van der Waals surface area (Å²) < 4.78 is 5.85. The zero-order valence-electron chi connectivity index (χ0n) is 14.5. The highest BCUT2D eigenvalue weighted by atomic mass is 127. The van der Waals surface area contributed by atoms with Crippen LogP contribution in [0, 0.1) is 5.92 Å². The van der Waals surface area contributed by atoms with Crippen molar-refractivity contribution in [2.75, 3.05) is 0 Å². The van der Waals surface area contributed by atoms with E-state index in [1.165, 1.54) is 29.5 Å². The number of aryl methyl sites for hydroxylation is 1. The predicted octanol–water partition coefficient (Wildman–Crippen LogP) is 5.46. The van der Waals surface area contributed by atoms with E-state index in [4.69, 9.17) is 4.74 Å². The monoisotopic (exact) mass is 426 g/mol. The van der Waals surface area contributed by atoms with Crippen LogP contribution in [0.15, 0.2) is 23.8 Å². The fourth-order valence-corrected chi connectivity index (χ4v) is 5.10. The summed E-state index contributed by atoms with van der Waals surface area (Å²) >= 11 is 2.11. The third kappa shape index (κ3) is 2.95. The second-order valence-corrected chi connectivity index (χ2v) is 8.55. The van der Waals surface area contributed by atoms with Gasteiger partial charge in [-0.3, -0.25) is 0 Å². The summed E-state index contributed by atoms with van der Waals surface area (Å²) in [6, 6.07) is 4.40. The first-order valence-corrected chi connectivity index (χ1v) is 9.95. The molecule has 0 saturated heterocycles. The summed E-state index contributed by atoms with van der Waals surface area (Å²) in [5, 5.41) is 10.2. The van der Waals surface area contributed by atoms with Gasteiger partial charge in [-0.15, -0.1) is 0 Å². The van der Waals surface area contributed by atoms with Gasteiger partial charge in [-0.05, 0) is 79.0 Å². The molecule has 1 N–H and O–H groups in total. The molecule has 0 bridgehead atoms. The van der Waals surface area contributed by atoms with Gasteiger partial charge >= 0.3 is 0 Å². The molecule has 3 heteroatoms. The van der Waals surface area contributed by atoms with Crippen LogP contribution in [0.5, 0.6) is 5.75 Å². The third-order valence-electron chi connectivity index (χ3n) is 5.64. The highest BCUT2D eigenvalue weighted by molar-refractivity contribution is 14.1. The second-order valence-electron chi connectivity index (χ2n) is 7.37. The summed E-state index contributed by atoms with van der Waals surface area (Å²) in [5.41, 5.74) is 5.02. The number of aliphatic hydroxyl groups is 1. The van der Waals surface area contributed by atoms with Gasteiger partial charge in [-0.2, -0.15) is 0 Å². The van der Waals surface area contributed by atoms with E-state index < -0.39 is 4.11 Å². The molecule has 4 atom stereocenters. The first-order valence-electron chi connectivity index (χ1n) is 8.71. The number of hydrogen-bond donors (Lipinski definition) is 1. The second kappa shape index (κ2) is 6.40. The summed E-state index contributed by atoms with van der Waals surface area (Å²) in [4.78, 5) is 0. The molecule has 1 heterocycles. The van der Waals surface area contributed by atoms with Crippen molar-refractivity contribution in [3.63, 3.8) is 0 Å². The highest BCUT2D eigenvalue weighted by Crippen LogP contribution is 2.51. The molecule has 1 aromatic carbocycles. The maximum Gasteiger partial charge on any atom is 0.130 e. The molecule has 1 aromatic rings. The molecule has 0 spiro atoms. The topological polar surface area (TPSA) is 29.5 Å². The Hall–Kier alpha value is -0.550. The number of benzene rings is 1. The lowest BCUT2D eigenvalue weighted by Gasteiger charge is -2.47. The molecular formula is C20H27IO2. The van der Waals surface area contributed by atoms with Crippen LogP contribution in [0.2, 0.25) is 0 Å². The van der Waals surface area contributed by atoms with Crippen molar-refractivity contribution in [1.82, 2.24) is 0 Å². The third-order valence-corrected chi connectivity index (χ3v) is 6.31. The molecule has 2 nitrogen and oxygen atoms in total. The molecule has 0 radical (unpaired) electrons. The quantitative estimate of drug-likeness (QED) is 0.395. The number of halogens is 1. The molecule has 0 aromatic heterocycles. The number of alkyl halides is 1. The molecule has 2 unspecified atom stereocenters. The first kappa shape index (κ1) is 17.3. The van der Waals surface area contributed by atoms with Gasteiger partial charge in [0.2, 0.25) is 0 Å². The fraction of sp³-hybridized carbons (Fsp3) is 0.600. The molecular weight excluding hydrogens is 399 g/mol. The minimum atomic E-state index is -0.463. The standard InChI is InChI=1S/C20H27IO2/c1-5-6-14-9-18-17(10-15(14)19(21)22)20(4)11-12(2)7-8-16(20)13(3)23-18/h9-11,13,16,19,22H,5-8H2,1-4H3/t13?,16-,19?,20+/m0/s1. The van der Waals surface area contributed by atoms with Crippen LogP contribution in [-0.2, 0) is 11.8 Å². The fourth-order valence-electron chi connectivity index (χ4n) is 4.52. The highest BCUT2D eigenvalue weighted by Gasteiger charge is 2.46. The molecule has 1 aliphatic heterocycles. The van der Waals surface area contributed by atoms with Crippen molar-refractivity contribution < 1.29 is 9.84 Å². The van der Waals surface area contributed by atoms with Crippen molar-refractivity contribution in [3.05, 3.63) is 40.5 Å². The van der Waals surface area contributed by atoms with Crippen LogP contribution in [-0.4, -0.2) is 11.2 Å². The van der Waals surface area contributed by atoms with Gasteiger partial charge in [0.1, 0.15) is 9.86 Å². The minimum absolute atomic E-state index is 0.0142. The van der Waals surface area contributed by atoms with Crippen molar-refractivity contribution in [1.29, 1.82) is 0 Å². The number of rotatable bonds is 3. The summed E-state index contributed by atoms with van der Waals surface area (Å²) in [6.45, 7) is 8.97. The van der Waals surface area contributed by atoms with Gasteiger partial charge in [0, 0.05) is 16.9 Å². The Morgan fingerprint density at radius 2 is 2.17 bits per heavy atom. The zero-order valence-corrected chi connectivity index (χ0v) is 16.7. The van der Waals surface area contributed by atoms with E-state index in [9.17, 15) is 5.11 Å². The van der Waals surface area contributed by atoms with Gasteiger partial charge in [-0.25, -0.2) is 0 Å². The zero-order chi connectivity index (χ0) is 16.8. The van der Waals surface area contributed by atoms with Gasteiger partial charge in [0.05, 0.1) is 6.10 Å². The molecule has 0 amide bonds. The molecule has 1 aliphatic carbocycles. The molecule has 126 valence electrons. The maximum absolute atomic E-state index is 10.2. The number of aliphatic hydroxyl groups excluding tert-OH is 1. The van der Waals surface area contributed by atoms with Gasteiger partial charge < -0.3 is 9.84 Å². The molecule has 0 fully saturated rings. The molecule has 23 heavy (non-hydrogen) atoms. The Morgan fingerprint density at radius 3 is 2.83 bits per heavy atom. The minimum Gasteiger partial charge on any atom is -0.490 e. The van der Waals surface area contributed by atoms with Crippen LogP contribution in [0.25, 0.3) is 0 Å². The summed E-state index contributed by atoms with van der Waals surface area (Å²) in [7, 11) is 0. The average molecular weight is 426 g/mol. The molecule has 0 saturated carbocycles. The van der Waals surface area contributed by atoms with E-state index in [-0.39, 0.29) is 11.5 Å². The SMILES string of the molecule is CCCc1cc2c(cc1C(O)I)[C@]1(C)C=C(C)CC[C@H]1C(C)O2. The smallest absolute Gasteiger partial charge is 0.130 e. The number of fused-ring (bicyclic) bond motifs is 3. The van der Waals surface area contributed by atoms with E-state index in [0.717, 1.165) is 24.2 Å². The average Bonchev–Trinajstić information content (AvgIpc) is 2.46. The van der Waals surface area contributed by atoms with Crippen molar-refractivity contribution in [2.24, 2.45) is 5.92 Å². The first-order chi connectivity index (χ1) is 10.9. The van der Waals surface area contributed by atoms with E-state index >= 15 is 0 Å². The van der Waals surface area contributed by atoms with Crippen molar-refractivity contribution >= 4 is 22.6 Å². The predicted molar refractivity (Wildman–Crippen MR) is 103 cm³/mol. The Morgan fingerprint density at radius 1 is 1.43 bits per heavy atom. The maximum atomic E-state index is 10.2. The summed E-state index contributed by atoms with van der Waals surface area (Å²) in [5.74, 6) is 1.53. The van der Waals surface area contributed by atoms with E-state index in [1.54, 1.807) is 0 Å². The largest absolute Gasteiger partial charge is 0.490 e. The Kier molecular flexibility index (Phi) is 4.81. The Labute approximate surface area is 153 Å². The number of ether oxygens (including phenoxy) is 1. The lowest BCUT2D eigenvalue weighted by molar-refractivity contribution is 0.0745. The van der Waals surface area contributed by atoms with Crippen molar-refractivity contribution in [3.8, 4) is 5.75 Å². The van der Waals surface area contributed by atoms with Crippen LogP contribution in [0.3, 0.4) is 0 Å². The van der Waals surface area contributed by atoms with Crippen molar-refractivity contribution in [2.45, 2.75) is 69.0 Å². The number of allylic oxidation sites excluding steroid dienone is 2. The normalized spacial score (nSPS) is 30.8. The van der Waals surface area contributed by atoms with Crippen LogP contribution in [0.4, 0.5) is 0 Å². The van der Waals surface area contributed by atoms with E-state index in [0.29, 0.717) is 5.92 Å².